The van der Waals surface area contributed by atoms with Crippen molar-refractivity contribution < 1.29 is 4.74 Å². The van der Waals surface area contributed by atoms with Gasteiger partial charge in [-0.25, -0.2) is 0 Å². The molecule has 0 amide bonds. The highest BCUT2D eigenvalue weighted by molar-refractivity contribution is 5.87. The van der Waals surface area contributed by atoms with Gasteiger partial charge < -0.3 is 5.21 Å². The SMILES string of the molecule is CC1=[N+]([O-])C2(CCCC2)N(N=O)C1(C)C. The summed E-state index contributed by atoms with van der Waals surface area (Å²) in [5, 5.41) is 16.7. The Morgan fingerprint density at radius 3 is 2.40 bits per heavy atom. The maximum absolute atomic E-state index is 12.2. The second-order valence-corrected chi connectivity index (χ2v) is 5.02. The summed E-state index contributed by atoms with van der Waals surface area (Å²) in [5.74, 6) is 0. The van der Waals surface area contributed by atoms with Gasteiger partial charge in [0, 0.05) is 19.8 Å². The smallest absolute Gasteiger partial charge is 0.266 e. The van der Waals surface area contributed by atoms with E-state index in [-0.39, 0.29) is 0 Å². The molecule has 0 aromatic carbocycles. The van der Waals surface area contributed by atoms with Crippen molar-refractivity contribution in [1.29, 1.82) is 0 Å². The lowest BCUT2D eigenvalue weighted by molar-refractivity contribution is -0.568. The van der Waals surface area contributed by atoms with Crippen molar-refractivity contribution in [3.63, 3.8) is 0 Å². The predicted octanol–water partition coefficient (Wildman–Crippen LogP) is 2.00. The van der Waals surface area contributed by atoms with Crippen molar-refractivity contribution in [3.8, 4) is 0 Å². The predicted molar refractivity (Wildman–Crippen MR) is 57.2 cm³/mol. The van der Waals surface area contributed by atoms with Gasteiger partial charge in [-0.3, -0.25) is 0 Å². The first-order valence-electron chi connectivity index (χ1n) is 5.42. The van der Waals surface area contributed by atoms with Gasteiger partial charge in [0.15, 0.2) is 5.71 Å². The second kappa shape index (κ2) is 2.93. The molecule has 1 saturated carbocycles. The van der Waals surface area contributed by atoms with Crippen LogP contribution in [0.4, 0.5) is 0 Å². The van der Waals surface area contributed by atoms with Gasteiger partial charge in [0.1, 0.15) is 5.54 Å². The molecule has 1 heterocycles. The van der Waals surface area contributed by atoms with Crippen molar-refractivity contribution in [2.75, 3.05) is 0 Å². The van der Waals surface area contributed by atoms with Crippen LogP contribution in [0.1, 0.15) is 46.5 Å². The molecule has 0 atom stereocenters. The first kappa shape index (κ1) is 10.4. The van der Waals surface area contributed by atoms with Crippen LogP contribution in [-0.2, 0) is 0 Å². The standard InChI is InChI=1S/C10H17N3O2/c1-8-9(2,3)13(11-14)10(12(8)15)6-4-5-7-10/h4-7H2,1-3H3. The third kappa shape index (κ3) is 1.06. The molecule has 84 valence electrons. The molecule has 15 heavy (non-hydrogen) atoms. The summed E-state index contributed by atoms with van der Waals surface area (Å²) < 4.78 is 1.02. The van der Waals surface area contributed by atoms with E-state index in [9.17, 15) is 10.1 Å². The van der Waals surface area contributed by atoms with Crippen LogP contribution in [0, 0.1) is 10.1 Å². The maximum Gasteiger partial charge on any atom is 0.266 e. The molecule has 1 aliphatic heterocycles. The Morgan fingerprint density at radius 2 is 1.93 bits per heavy atom. The topological polar surface area (TPSA) is 58.7 Å². The summed E-state index contributed by atoms with van der Waals surface area (Å²) in [7, 11) is 0. The van der Waals surface area contributed by atoms with Crippen LogP contribution in [0.2, 0.25) is 0 Å². The Balaban J connectivity index is 2.52. The molecular weight excluding hydrogens is 194 g/mol. The average molecular weight is 211 g/mol. The highest BCUT2D eigenvalue weighted by Crippen LogP contribution is 2.44. The van der Waals surface area contributed by atoms with Gasteiger partial charge in [-0.2, -0.15) is 9.75 Å². The molecular formula is C10H17N3O2. The van der Waals surface area contributed by atoms with E-state index in [4.69, 9.17) is 0 Å². The van der Waals surface area contributed by atoms with E-state index in [0.29, 0.717) is 5.71 Å². The van der Waals surface area contributed by atoms with Gasteiger partial charge in [-0.1, -0.05) is 0 Å². The van der Waals surface area contributed by atoms with E-state index in [2.05, 4.69) is 5.29 Å². The molecule has 0 unspecified atom stereocenters. The van der Waals surface area contributed by atoms with Gasteiger partial charge >= 0.3 is 0 Å². The molecule has 2 aliphatic rings. The number of hydrogen-bond donors (Lipinski definition) is 0. The van der Waals surface area contributed by atoms with Crippen LogP contribution in [-0.4, -0.2) is 26.7 Å². The average Bonchev–Trinajstić information content (AvgIpc) is 2.70. The summed E-state index contributed by atoms with van der Waals surface area (Å²) in [6, 6.07) is 0. The minimum atomic E-state index is -0.685. The molecule has 2 rings (SSSR count). The Bertz CT molecular complexity index is 330. The first-order valence-corrected chi connectivity index (χ1v) is 5.42. The zero-order valence-electron chi connectivity index (χ0n) is 9.49. The van der Waals surface area contributed by atoms with Crippen LogP contribution in [0.25, 0.3) is 0 Å². The summed E-state index contributed by atoms with van der Waals surface area (Å²) in [6.07, 6.45) is 3.47. The quantitative estimate of drug-likeness (QED) is 0.378. The first-order chi connectivity index (χ1) is 6.97. The Hall–Kier alpha value is -1.13. The fourth-order valence-corrected chi connectivity index (χ4v) is 2.85. The van der Waals surface area contributed by atoms with Crippen molar-refractivity contribution >= 4 is 5.71 Å². The minimum Gasteiger partial charge on any atom is -0.622 e. The molecule has 0 N–H and O–H groups in total. The summed E-state index contributed by atoms with van der Waals surface area (Å²) in [4.78, 5) is 11.0. The van der Waals surface area contributed by atoms with Crippen LogP contribution < -0.4 is 0 Å². The van der Waals surface area contributed by atoms with Crippen molar-refractivity contribution in [2.45, 2.75) is 57.7 Å². The van der Waals surface area contributed by atoms with Crippen LogP contribution in [0.5, 0.6) is 0 Å². The van der Waals surface area contributed by atoms with Gasteiger partial charge in [0.2, 0.25) is 0 Å². The highest BCUT2D eigenvalue weighted by Gasteiger charge is 2.62. The summed E-state index contributed by atoms with van der Waals surface area (Å²) in [5.41, 5.74) is -0.549. The van der Waals surface area contributed by atoms with Gasteiger partial charge in [0.05, 0.1) is 5.29 Å². The Labute approximate surface area is 89.3 Å². The molecule has 0 aromatic heterocycles. The third-order valence-electron chi connectivity index (χ3n) is 3.98. The third-order valence-corrected chi connectivity index (χ3v) is 3.98. The molecule has 0 bridgehead atoms. The van der Waals surface area contributed by atoms with Gasteiger partial charge in [0.25, 0.3) is 5.66 Å². The van der Waals surface area contributed by atoms with E-state index in [1.165, 1.54) is 5.01 Å². The van der Waals surface area contributed by atoms with Crippen LogP contribution >= 0.6 is 0 Å². The second-order valence-electron chi connectivity index (χ2n) is 5.02. The van der Waals surface area contributed by atoms with Crippen molar-refractivity contribution in [1.82, 2.24) is 5.01 Å². The summed E-state index contributed by atoms with van der Waals surface area (Å²) in [6.45, 7) is 5.54. The molecule has 0 saturated heterocycles. The van der Waals surface area contributed by atoms with E-state index >= 15 is 0 Å². The zero-order valence-corrected chi connectivity index (χ0v) is 9.49. The number of rotatable bonds is 1. The van der Waals surface area contributed by atoms with E-state index < -0.39 is 11.2 Å². The molecule has 1 fully saturated rings. The monoisotopic (exact) mass is 211 g/mol. The summed E-state index contributed by atoms with van der Waals surface area (Å²) >= 11 is 0. The lowest BCUT2D eigenvalue weighted by Gasteiger charge is -2.32. The molecule has 0 radical (unpaired) electrons. The number of nitrogens with zero attached hydrogens (tertiary/aromatic N) is 3. The molecule has 0 aromatic rings. The fourth-order valence-electron chi connectivity index (χ4n) is 2.85. The largest absolute Gasteiger partial charge is 0.622 e. The Kier molecular flexibility index (Phi) is 2.03. The van der Waals surface area contributed by atoms with E-state index in [1.807, 2.05) is 13.8 Å². The lowest BCUT2D eigenvalue weighted by Crippen LogP contribution is -2.51. The fraction of sp³-hybridized carbons (Fsp3) is 0.900. The lowest BCUT2D eigenvalue weighted by atomic mass is 9.99. The van der Waals surface area contributed by atoms with E-state index in [0.717, 1.165) is 30.4 Å². The number of hydrogen-bond acceptors (Lipinski definition) is 3. The number of hydroxylamine groups is 1. The molecule has 5 heteroatoms. The van der Waals surface area contributed by atoms with Crippen molar-refractivity contribution in [3.05, 3.63) is 10.1 Å². The minimum absolute atomic E-state index is 0.548. The van der Waals surface area contributed by atoms with Gasteiger partial charge in [-0.15, -0.1) is 4.91 Å². The normalized spacial score (nSPS) is 27.8. The van der Waals surface area contributed by atoms with E-state index in [1.54, 1.807) is 6.92 Å². The zero-order chi connectivity index (χ0) is 11.3. The van der Waals surface area contributed by atoms with Crippen molar-refractivity contribution in [2.24, 2.45) is 5.29 Å². The van der Waals surface area contributed by atoms with Crippen LogP contribution in [0.3, 0.4) is 0 Å². The maximum atomic E-state index is 12.2. The van der Waals surface area contributed by atoms with Gasteiger partial charge in [-0.05, 0) is 26.7 Å². The van der Waals surface area contributed by atoms with Crippen LogP contribution in [0.15, 0.2) is 5.29 Å². The molecule has 1 aliphatic carbocycles. The highest BCUT2D eigenvalue weighted by atomic mass is 16.5. The molecule has 5 nitrogen and oxygen atoms in total. The number of nitroso groups, excluding NO2 is 1. The Morgan fingerprint density at radius 1 is 1.40 bits per heavy atom. The molecule has 1 spiro atoms.